The van der Waals surface area contributed by atoms with Crippen LogP contribution in [0, 0.1) is 5.92 Å². The summed E-state index contributed by atoms with van der Waals surface area (Å²) in [6.45, 7) is 5.26. The number of hydrogen-bond donors (Lipinski definition) is 2. The molecule has 1 heterocycles. The van der Waals surface area contributed by atoms with Gasteiger partial charge in [-0.05, 0) is 54.4 Å². The van der Waals surface area contributed by atoms with Crippen molar-refractivity contribution in [2.24, 2.45) is 5.92 Å². The minimum atomic E-state index is -0.0757. The fourth-order valence-corrected chi connectivity index (χ4v) is 3.05. The molecule has 3 rings (SSSR count). The van der Waals surface area contributed by atoms with E-state index < -0.39 is 0 Å². The van der Waals surface area contributed by atoms with Crippen LogP contribution in [0.5, 0.6) is 0 Å². The SMILES string of the molecule is CC(C)CNC(=O)c1cccc(NCc2ccc(-c3cc(Cl)ccc3Cl)o2)c1. The summed E-state index contributed by atoms with van der Waals surface area (Å²) in [5.74, 6) is 1.74. The third-order valence-electron chi connectivity index (χ3n) is 4.12. The molecule has 0 saturated carbocycles. The lowest BCUT2D eigenvalue weighted by molar-refractivity contribution is 0.0949. The van der Waals surface area contributed by atoms with E-state index >= 15 is 0 Å². The molecule has 6 heteroatoms. The number of benzene rings is 2. The van der Waals surface area contributed by atoms with Crippen molar-refractivity contribution in [3.8, 4) is 11.3 Å². The lowest BCUT2D eigenvalue weighted by Crippen LogP contribution is -2.27. The van der Waals surface area contributed by atoms with Gasteiger partial charge < -0.3 is 15.1 Å². The summed E-state index contributed by atoms with van der Waals surface area (Å²) in [5.41, 5.74) is 2.22. The highest BCUT2D eigenvalue weighted by Crippen LogP contribution is 2.32. The van der Waals surface area contributed by atoms with Gasteiger partial charge in [0.05, 0.1) is 11.6 Å². The second kappa shape index (κ2) is 9.18. The van der Waals surface area contributed by atoms with E-state index in [1.807, 2.05) is 30.3 Å². The molecule has 0 saturated heterocycles. The van der Waals surface area contributed by atoms with Gasteiger partial charge in [-0.25, -0.2) is 0 Å². The molecule has 1 aromatic heterocycles. The third kappa shape index (κ3) is 5.31. The Kier molecular flexibility index (Phi) is 6.65. The van der Waals surface area contributed by atoms with Crippen LogP contribution in [-0.4, -0.2) is 12.5 Å². The van der Waals surface area contributed by atoms with Crippen molar-refractivity contribution >= 4 is 34.8 Å². The summed E-state index contributed by atoms with van der Waals surface area (Å²) >= 11 is 12.3. The van der Waals surface area contributed by atoms with Crippen molar-refractivity contribution in [3.05, 3.63) is 76.0 Å². The van der Waals surface area contributed by atoms with E-state index in [9.17, 15) is 4.79 Å². The molecule has 0 bridgehead atoms. The fraction of sp³-hybridized carbons (Fsp3) is 0.227. The third-order valence-corrected chi connectivity index (χ3v) is 4.68. The van der Waals surface area contributed by atoms with Gasteiger partial charge in [-0.2, -0.15) is 0 Å². The van der Waals surface area contributed by atoms with Crippen LogP contribution < -0.4 is 10.6 Å². The van der Waals surface area contributed by atoms with Crippen molar-refractivity contribution in [1.29, 1.82) is 0 Å². The Morgan fingerprint density at radius 1 is 1.07 bits per heavy atom. The van der Waals surface area contributed by atoms with Crippen LogP contribution in [0.25, 0.3) is 11.3 Å². The summed E-state index contributed by atoms with van der Waals surface area (Å²) in [5, 5.41) is 7.38. The standard InChI is InChI=1S/C22H22Cl2N2O2/c1-14(2)12-26-22(27)15-4-3-5-17(10-15)25-13-18-7-9-21(28-18)19-11-16(23)6-8-20(19)24/h3-11,14,25H,12-13H2,1-2H3,(H,26,27). The Labute approximate surface area is 174 Å². The van der Waals surface area contributed by atoms with Gasteiger partial charge in [-0.15, -0.1) is 0 Å². The Morgan fingerprint density at radius 3 is 2.68 bits per heavy atom. The molecule has 0 fully saturated rings. The molecule has 2 N–H and O–H groups in total. The van der Waals surface area contributed by atoms with Crippen molar-refractivity contribution in [1.82, 2.24) is 5.32 Å². The number of halogens is 2. The quantitative estimate of drug-likeness (QED) is 0.478. The first-order valence-corrected chi connectivity index (χ1v) is 9.84. The molecule has 4 nitrogen and oxygen atoms in total. The molecule has 146 valence electrons. The number of amides is 1. The highest BCUT2D eigenvalue weighted by Gasteiger charge is 2.10. The summed E-state index contributed by atoms with van der Waals surface area (Å²) in [6.07, 6.45) is 0. The van der Waals surface area contributed by atoms with Crippen LogP contribution in [0.1, 0.15) is 30.0 Å². The topological polar surface area (TPSA) is 54.3 Å². The predicted octanol–water partition coefficient (Wildman–Crippen LogP) is 6.25. The Bertz CT molecular complexity index is 967. The second-order valence-electron chi connectivity index (χ2n) is 6.93. The molecular weight excluding hydrogens is 395 g/mol. The number of carbonyl (C=O) groups excluding carboxylic acids is 1. The zero-order chi connectivity index (χ0) is 20.1. The Hall–Kier alpha value is -2.43. The van der Waals surface area contributed by atoms with E-state index in [0.717, 1.165) is 17.0 Å². The Morgan fingerprint density at radius 2 is 1.89 bits per heavy atom. The lowest BCUT2D eigenvalue weighted by atomic mass is 10.1. The van der Waals surface area contributed by atoms with Crippen LogP contribution in [-0.2, 0) is 6.54 Å². The average molecular weight is 417 g/mol. The molecule has 0 aliphatic carbocycles. The molecule has 2 aromatic carbocycles. The van der Waals surface area contributed by atoms with Crippen LogP contribution in [0.3, 0.4) is 0 Å². The fourth-order valence-electron chi connectivity index (χ4n) is 2.66. The zero-order valence-corrected chi connectivity index (χ0v) is 17.3. The van der Waals surface area contributed by atoms with Crippen molar-refractivity contribution < 1.29 is 9.21 Å². The second-order valence-corrected chi connectivity index (χ2v) is 7.77. The normalized spacial score (nSPS) is 10.9. The van der Waals surface area contributed by atoms with Gasteiger partial charge in [0, 0.05) is 28.4 Å². The molecule has 0 spiro atoms. The van der Waals surface area contributed by atoms with Gasteiger partial charge in [0.25, 0.3) is 5.91 Å². The maximum atomic E-state index is 12.2. The van der Waals surface area contributed by atoms with Crippen LogP contribution in [0.4, 0.5) is 5.69 Å². The molecule has 3 aromatic rings. The van der Waals surface area contributed by atoms with E-state index in [-0.39, 0.29) is 5.91 Å². The molecule has 0 atom stereocenters. The molecule has 0 aliphatic rings. The van der Waals surface area contributed by atoms with Gasteiger partial charge in [0.15, 0.2) is 0 Å². The van der Waals surface area contributed by atoms with Crippen LogP contribution in [0.2, 0.25) is 10.0 Å². The number of anilines is 1. The zero-order valence-electron chi connectivity index (χ0n) is 15.8. The predicted molar refractivity (Wildman–Crippen MR) is 115 cm³/mol. The first-order chi connectivity index (χ1) is 13.4. The minimum absolute atomic E-state index is 0.0757. The van der Waals surface area contributed by atoms with E-state index in [0.29, 0.717) is 40.4 Å². The van der Waals surface area contributed by atoms with Gasteiger partial charge in [0.1, 0.15) is 11.5 Å². The van der Waals surface area contributed by atoms with Gasteiger partial charge in [0.2, 0.25) is 0 Å². The smallest absolute Gasteiger partial charge is 0.251 e. The molecule has 0 unspecified atom stereocenters. The first-order valence-electron chi connectivity index (χ1n) is 9.08. The number of rotatable bonds is 7. The Balaban J connectivity index is 1.65. The molecule has 28 heavy (non-hydrogen) atoms. The van der Waals surface area contributed by atoms with Crippen LogP contribution >= 0.6 is 23.2 Å². The molecule has 0 aliphatic heterocycles. The van der Waals surface area contributed by atoms with Gasteiger partial charge >= 0.3 is 0 Å². The van der Waals surface area contributed by atoms with E-state index in [1.54, 1.807) is 24.3 Å². The summed E-state index contributed by atoms with van der Waals surface area (Å²) in [4.78, 5) is 12.2. The highest BCUT2D eigenvalue weighted by molar-refractivity contribution is 6.35. The van der Waals surface area contributed by atoms with Gasteiger partial charge in [-0.3, -0.25) is 4.79 Å². The van der Waals surface area contributed by atoms with Crippen LogP contribution in [0.15, 0.2) is 59.0 Å². The van der Waals surface area contributed by atoms with E-state index in [1.165, 1.54) is 0 Å². The monoisotopic (exact) mass is 416 g/mol. The number of carbonyl (C=O) groups is 1. The molecular formula is C22H22Cl2N2O2. The largest absolute Gasteiger partial charge is 0.459 e. The van der Waals surface area contributed by atoms with Crippen molar-refractivity contribution in [2.45, 2.75) is 20.4 Å². The number of nitrogens with one attached hydrogen (secondary N) is 2. The maximum Gasteiger partial charge on any atom is 0.251 e. The summed E-state index contributed by atoms with van der Waals surface area (Å²) in [7, 11) is 0. The lowest BCUT2D eigenvalue weighted by Gasteiger charge is -2.09. The average Bonchev–Trinajstić information content (AvgIpc) is 3.15. The van der Waals surface area contributed by atoms with Crippen molar-refractivity contribution in [3.63, 3.8) is 0 Å². The first kappa shape index (κ1) is 20.3. The maximum absolute atomic E-state index is 12.2. The van der Waals surface area contributed by atoms with E-state index in [2.05, 4.69) is 24.5 Å². The number of hydrogen-bond acceptors (Lipinski definition) is 3. The minimum Gasteiger partial charge on any atom is -0.459 e. The molecule has 0 radical (unpaired) electrons. The summed E-state index contributed by atoms with van der Waals surface area (Å²) in [6, 6.07) is 16.4. The van der Waals surface area contributed by atoms with Crippen molar-refractivity contribution in [2.75, 3.05) is 11.9 Å². The van der Waals surface area contributed by atoms with Gasteiger partial charge in [-0.1, -0.05) is 43.1 Å². The number of furan rings is 1. The molecule has 1 amide bonds. The van der Waals surface area contributed by atoms with E-state index in [4.69, 9.17) is 27.6 Å². The summed E-state index contributed by atoms with van der Waals surface area (Å²) < 4.78 is 5.88. The highest BCUT2D eigenvalue weighted by atomic mass is 35.5.